The van der Waals surface area contributed by atoms with Crippen molar-refractivity contribution in [2.45, 2.75) is 75.9 Å². The van der Waals surface area contributed by atoms with Gasteiger partial charge in [-0.3, -0.25) is 4.79 Å². The Morgan fingerprint density at radius 2 is 2.18 bits per heavy atom. The molecule has 0 spiro atoms. The summed E-state index contributed by atoms with van der Waals surface area (Å²) >= 11 is 6.29. The molecule has 2 heterocycles. The molecule has 0 saturated carbocycles. The molecular formula is C27H43ClN2O4. The van der Waals surface area contributed by atoms with Gasteiger partial charge in [0.25, 0.3) is 0 Å². The van der Waals surface area contributed by atoms with Gasteiger partial charge in [-0.2, -0.15) is 0 Å². The lowest BCUT2D eigenvalue weighted by Gasteiger charge is -2.43. The highest BCUT2D eigenvalue weighted by atomic mass is 35.5. The number of carbonyl (C=O) groups excluding carboxylic acids is 1. The first-order valence-electron chi connectivity index (χ1n) is 13.0. The van der Waals surface area contributed by atoms with Crippen LogP contribution in [0.2, 0.25) is 5.02 Å². The number of nitrogens with zero attached hydrogens (tertiary/aromatic N) is 1. The summed E-state index contributed by atoms with van der Waals surface area (Å²) in [7, 11) is 1.70. The standard InChI is InChI=1S/C27H43ClN2O4/c1-33-14-5-3-12-27(32,22-8-6-10-24(28)18-22)23-9-7-13-30(20-23)26(31)17-21(19-29)16-25-11-2-4-15-34-25/h6,8,10,18,21,23,25,32H,2-5,7,9,11-17,19-20,29H2,1H3/t21-,23-,25?,27-/m1/s1. The predicted molar refractivity (Wildman–Crippen MR) is 136 cm³/mol. The maximum atomic E-state index is 13.3. The van der Waals surface area contributed by atoms with Gasteiger partial charge in [-0.05, 0) is 87.9 Å². The van der Waals surface area contributed by atoms with E-state index in [0.717, 1.165) is 63.7 Å². The molecule has 0 radical (unpaired) electrons. The third-order valence-electron chi connectivity index (χ3n) is 7.60. The van der Waals surface area contributed by atoms with Crippen molar-refractivity contribution in [1.29, 1.82) is 0 Å². The summed E-state index contributed by atoms with van der Waals surface area (Å²) in [6.07, 6.45) is 9.02. The molecule has 1 amide bonds. The van der Waals surface area contributed by atoms with Crippen LogP contribution in [0.4, 0.5) is 0 Å². The number of methoxy groups -OCH3 is 1. The Bertz CT molecular complexity index is 758. The Labute approximate surface area is 210 Å². The average molecular weight is 495 g/mol. The fraction of sp³-hybridized carbons (Fsp3) is 0.741. The van der Waals surface area contributed by atoms with Crippen molar-refractivity contribution in [3.05, 3.63) is 34.9 Å². The number of unbranched alkanes of at least 4 members (excludes halogenated alkanes) is 1. The summed E-state index contributed by atoms with van der Waals surface area (Å²) in [5.74, 6) is 0.241. The number of likely N-dealkylation sites (tertiary alicyclic amines) is 1. The van der Waals surface area contributed by atoms with E-state index >= 15 is 0 Å². The van der Waals surface area contributed by atoms with Crippen LogP contribution in [0.5, 0.6) is 0 Å². The smallest absolute Gasteiger partial charge is 0.222 e. The van der Waals surface area contributed by atoms with Gasteiger partial charge in [-0.1, -0.05) is 23.7 Å². The lowest BCUT2D eigenvalue weighted by Crippen LogP contribution is -2.48. The number of piperidine rings is 1. The van der Waals surface area contributed by atoms with E-state index in [0.29, 0.717) is 37.6 Å². The molecule has 1 aromatic carbocycles. The van der Waals surface area contributed by atoms with Gasteiger partial charge < -0.3 is 25.2 Å². The van der Waals surface area contributed by atoms with Crippen molar-refractivity contribution < 1.29 is 19.4 Å². The zero-order valence-electron chi connectivity index (χ0n) is 20.7. The van der Waals surface area contributed by atoms with Crippen LogP contribution >= 0.6 is 11.6 Å². The molecule has 2 saturated heterocycles. The SMILES string of the molecule is COCCCC[C@@](O)(c1cccc(Cl)c1)[C@@H]1CCCN(C(=O)C[C@H](CN)CC2CCCCO2)C1. The van der Waals surface area contributed by atoms with Crippen molar-refractivity contribution in [3.8, 4) is 0 Å². The Morgan fingerprint density at radius 3 is 2.88 bits per heavy atom. The fourth-order valence-corrected chi connectivity index (χ4v) is 5.77. The number of carbonyl (C=O) groups is 1. The monoisotopic (exact) mass is 494 g/mol. The molecule has 3 N–H and O–H groups in total. The van der Waals surface area contributed by atoms with Gasteiger partial charge in [0.2, 0.25) is 5.91 Å². The quantitative estimate of drug-likeness (QED) is 0.418. The van der Waals surface area contributed by atoms with E-state index in [1.54, 1.807) is 7.11 Å². The number of nitrogens with two attached hydrogens (primary N) is 1. The Morgan fingerprint density at radius 1 is 1.32 bits per heavy atom. The Hall–Kier alpha value is -1.18. The van der Waals surface area contributed by atoms with Crippen molar-refractivity contribution in [2.75, 3.05) is 40.0 Å². The fourth-order valence-electron chi connectivity index (χ4n) is 5.58. The van der Waals surface area contributed by atoms with Crippen molar-refractivity contribution >= 4 is 17.5 Å². The minimum atomic E-state index is -1.03. The summed E-state index contributed by atoms with van der Waals surface area (Å²) in [4.78, 5) is 15.2. The molecule has 2 aliphatic rings. The molecule has 4 atom stereocenters. The first-order chi connectivity index (χ1) is 16.5. The Balaban J connectivity index is 1.66. The first-order valence-corrected chi connectivity index (χ1v) is 13.4. The largest absolute Gasteiger partial charge is 0.385 e. The van der Waals surface area contributed by atoms with Gasteiger partial charge in [0.05, 0.1) is 11.7 Å². The van der Waals surface area contributed by atoms with E-state index < -0.39 is 5.60 Å². The van der Waals surface area contributed by atoms with Crippen LogP contribution in [0.25, 0.3) is 0 Å². The molecule has 0 aromatic heterocycles. The number of rotatable bonds is 12. The Kier molecular flexibility index (Phi) is 11.1. The van der Waals surface area contributed by atoms with E-state index in [9.17, 15) is 9.90 Å². The summed E-state index contributed by atoms with van der Waals surface area (Å²) in [5.41, 5.74) is 5.86. The van der Waals surface area contributed by atoms with Crippen LogP contribution in [0.15, 0.2) is 24.3 Å². The molecule has 34 heavy (non-hydrogen) atoms. The highest BCUT2D eigenvalue weighted by molar-refractivity contribution is 6.30. The summed E-state index contributed by atoms with van der Waals surface area (Å²) in [6.45, 7) is 3.28. The average Bonchev–Trinajstić information content (AvgIpc) is 2.86. The second kappa shape index (κ2) is 13.8. The molecule has 192 valence electrons. The normalized spacial score (nSPS) is 23.9. The van der Waals surface area contributed by atoms with Crippen LogP contribution in [-0.4, -0.2) is 62.0 Å². The van der Waals surface area contributed by atoms with E-state index in [2.05, 4.69) is 0 Å². The van der Waals surface area contributed by atoms with Gasteiger partial charge in [-0.15, -0.1) is 0 Å². The number of amides is 1. The van der Waals surface area contributed by atoms with Gasteiger partial charge in [0, 0.05) is 50.8 Å². The third-order valence-corrected chi connectivity index (χ3v) is 7.83. The summed E-state index contributed by atoms with van der Waals surface area (Å²) in [5, 5.41) is 12.6. The number of aliphatic hydroxyl groups is 1. The zero-order chi connectivity index (χ0) is 24.4. The second-order valence-corrected chi connectivity index (χ2v) is 10.5. The first kappa shape index (κ1) is 27.4. The van der Waals surface area contributed by atoms with Gasteiger partial charge in [0.15, 0.2) is 0 Å². The van der Waals surface area contributed by atoms with E-state index in [-0.39, 0.29) is 23.8 Å². The minimum absolute atomic E-state index is 0.0378. The van der Waals surface area contributed by atoms with Crippen LogP contribution in [0.1, 0.15) is 69.8 Å². The lowest BCUT2D eigenvalue weighted by molar-refractivity contribution is -0.138. The summed E-state index contributed by atoms with van der Waals surface area (Å²) in [6, 6.07) is 7.55. The van der Waals surface area contributed by atoms with Crippen LogP contribution in [0, 0.1) is 11.8 Å². The van der Waals surface area contributed by atoms with Crippen LogP contribution < -0.4 is 5.73 Å². The zero-order valence-corrected chi connectivity index (χ0v) is 21.5. The van der Waals surface area contributed by atoms with Gasteiger partial charge in [-0.25, -0.2) is 0 Å². The van der Waals surface area contributed by atoms with Crippen LogP contribution in [0.3, 0.4) is 0 Å². The third kappa shape index (κ3) is 7.66. The molecule has 7 heteroatoms. The molecular weight excluding hydrogens is 452 g/mol. The molecule has 0 bridgehead atoms. The minimum Gasteiger partial charge on any atom is -0.385 e. The summed E-state index contributed by atoms with van der Waals surface area (Å²) < 4.78 is 11.1. The maximum absolute atomic E-state index is 13.3. The number of hydrogen-bond donors (Lipinski definition) is 2. The van der Waals surface area contributed by atoms with Gasteiger partial charge in [0.1, 0.15) is 0 Å². The molecule has 0 aliphatic carbocycles. The van der Waals surface area contributed by atoms with Crippen molar-refractivity contribution in [3.63, 3.8) is 0 Å². The van der Waals surface area contributed by atoms with Gasteiger partial charge >= 0.3 is 0 Å². The van der Waals surface area contributed by atoms with Crippen molar-refractivity contribution in [1.82, 2.24) is 4.90 Å². The molecule has 3 rings (SSSR count). The van der Waals surface area contributed by atoms with Crippen LogP contribution in [-0.2, 0) is 19.9 Å². The van der Waals surface area contributed by atoms with E-state index in [1.807, 2.05) is 29.2 Å². The highest BCUT2D eigenvalue weighted by Crippen LogP contribution is 2.40. The van der Waals surface area contributed by atoms with E-state index in [1.165, 1.54) is 6.42 Å². The second-order valence-electron chi connectivity index (χ2n) is 10.1. The number of ether oxygens (including phenoxy) is 2. The van der Waals surface area contributed by atoms with E-state index in [4.69, 9.17) is 26.8 Å². The molecule has 2 fully saturated rings. The molecule has 6 nitrogen and oxygen atoms in total. The highest BCUT2D eigenvalue weighted by Gasteiger charge is 2.41. The maximum Gasteiger partial charge on any atom is 0.222 e. The van der Waals surface area contributed by atoms with Crippen molar-refractivity contribution in [2.24, 2.45) is 17.6 Å². The molecule has 1 aromatic rings. The molecule has 2 aliphatic heterocycles. The topological polar surface area (TPSA) is 85.0 Å². The predicted octanol–water partition coefficient (Wildman–Crippen LogP) is 4.51. The number of halogens is 1. The number of hydrogen-bond acceptors (Lipinski definition) is 5. The number of benzene rings is 1. The molecule has 1 unspecified atom stereocenters. The lowest BCUT2D eigenvalue weighted by atomic mass is 9.74.